The molecular weight excluding hydrogens is 243 g/mol. The summed E-state index contributed by atoms with van der Waals surface area (Å²) in [6.07, 6.45) is -0.778. The first kappa shape index (κ1) is 14.1. The van der Waals surface area contributed by atoms with Crippen molar-refractivity contribution < 1.29 is 17.9 Å². The van der Waals surface area contributed by atoms with Gasteiger partial charge in [0.2, 0.25) is 0 Å². The van der Waals surface area contributed by atoms with Gasteiger partial charge in [-0.1, -0.05) is 26.0 Å². The average Bonchev–Trinajstić information content (AvgIpc) is 2.30. The van der Waals surface area contributed by atoms with E-state index in [-0.39, 0.29) is 5.75 Å². The molecule has 0 aromatic heterocycles. The highest BCUT2D eigenvalue weighted by molar-refractivity contribution is 7.92. The van der Waals surface area contributed by atoms with Gasteiger partial charge >= 0.3 is 0 Å². The summed E-state index contributed by atoms with van der Waals surface area (Å²) >= 11 is 0. The first-order valence-electron chi connectivity index (χ1n) is 5.57. The van der Waals surface area contributed by atoms with E-state index >= 15 is 0 Å². The molecule has 0 radical (unpaired) electrons. The van der Waals surface area contributed by atoms with Crippen molar-refractivity contribution in [2.75, 3.05) is 5.75 Å². The van der Waals surface area contributed by atoms with Crippen molar-refractivity contribution in [2.24, 2.45) is 0 Å². The molecule has 0 amide bonds. The predicted molar refractivity (Wildman–Crippen MR) is 64.9 cm³/mol. The second kappa shape index (κ2) is 5.60. The van der Waals surface area contributed by atoms with E-state index in [1.54, 1.807) is 13.8 Å². The van der Waals surface area contributed by atoms with Crippen LogP contribution in [0.15, 0.2) is 24.3 Å². The van der Waals surface area contributed by atoms with Crippen molar-refractivity contribution in [1.29, 1.82) is 0 Å². The zero-order valence-corrected chi connectivity index (χ0v) is 10.7. The summed E-state index contributed by atoms with van der Waals surface area (Å²) in [6.45, 7) is 3.26. The van der Waals surface area contributed by atoms with Gasteiger partial charge in [-0.15, -0.1) is 0 Å². The molecule has 0 aliphatic heterocycles. The Bertz CT molecular complexity index is 453. The van der Waals surface area contributed by atoms with Crippen LogP contribution in [0.4, 0.5) is 4.39 Å². The Balaban J connectivity index is 3.02. The monoisotopic (exact) mass is 260 g/mol. The zero-order chi connectivity index (χ0) is 13.1. The summed E-state index contributed by atoms with van der Waals surface area (Å²) < 4.78 is 36.3. The molecule has 96 valence electrons. The third-order valence-electron chi connectivity index (χ3n) is 2.83. The standard InChI is InChI=1S/C12H17FO3S/c1-3-11(17(15,16)4-2)12(14)9-5-7-10(13)8-6-9/h5-8,11-12,14H,3-4H2,1-2H3/t11-,12-/m0/s1. The van der Waals surface area contributed by atoms with Crippen LogP contribution in [0.3, 0.4) is 0 Å². The van der Waals surface area contributed by atoms with Gasteiger partial charge in [-0.2, -0.15) is 0 Å². The minimum absolute atomic E-state index is 0.0102. The van der Waals surface area contributed by atoms with Crippen molar-refractivity contribution in [3.8, 4) is 0 Å². The lowest BCUT2D eigenvalue weighted by atomic mass is 10.1. The van der Waals surface area contributed by atoms with Crippen LogP contribution in [0, 0.1) is 5.82 Å². The first-order valence-corrected chi connectivity index (χ1v) is 7.29. The number of benzene rings is 1. The molecule has 0 aliphatic carbocycles. The number of halogens is 1. The van der Waals surface area contributed by atoms with Crippen molar-refractivity contribution in [3.05, 3.63) is 35.6 Å². The van der Waals surface area contributed by atoms with Crippen molar-refractivity contribution >= 4 is 9.84 Å². The van der Waals surface area contributed by atoms with E-state index in [1.165, 1.54) is 24.3 Å². The highest BCUT2D eigenvalue weighted by atomic mass is 32.2. The Kier molecular flexibility index (Phi) is 4.65. The van der Waals surface area contributed by atoms with Crippen LogP contribution >= 0.6 is 0 Å². The van der Waals surface area contributed by atoms with E-state index < -0.39 is 27.0 Å². The molecule has 0 aliphatic rings. The topological polar surface area (TPSA) is 54.4 Å². The molecule has 1 N–H and O–H groups in total. The molecule has 17 heavy (non-hydrogen) atoms. The minimum atomic E-state index is -3.31. The fourth-order valence-corrected chi connectivity index (χ4v) is 3.25. The predicted octanol–water partition coefficient (Wildman–Crippen LogP) is 2.07. The largest absolute Gasteiger partial charge is 0.387 e. The minimum Gasteiger partial charge on any atom is -0.387 e. The average molecular weight is 260 g/mol. The maximum absolute atomic E-state index is 12.7. The smallest absolute Gasteiger partial charge is 0.155 e. The summed E-state index contributed by atoms with van der Waals surface area (Å²) in [7, 11) is -3.31. The highest BCUT2D eigenvalue weighted by Crippen LogP contribution is 2.25. The molecule has 5 heteroatoms. The van der Waals surface area contributed by atoms with Crippen molar-refractivity contribution in [1.82, 2.24) is 0 Å². The maximum atomic E-state index is 12.7. The van der Waals surface area contributed by atoms with Gasteiger partial charge in [-0.05, 0) is 24.1 Å². The van der Waals surface area contributed by atoms with Gasteiger partial charge in [0, 0.05) is 5.75 Å². The second-order valence-corrected chi connectivity index (χ2v) is 6.40. The van der Waals surface area contributed by atoms with Crippen molar-refractivity contribution in [3.63, 3.8) is 0 Å². The summed E-state index contributed by atoms with van der Waals surface area (Å²) in [5, 5.41) is 9.20. The van der Waals surface area contributed by atoms with Crippen LogP contribution < -0.4 is 0 Å². The summed E-state index contributed by atoms with van der Waals surface area (Å²) in [5.41, 5.74) is 0.426. The number of aliphatic hydroxyl groups excluding tert-OH is 1. The van der Waals surface area contributed by atoms with Crippen LogP contribution in [0.2, 0.25) is 0 Å². The molecule has 0 unspecified atom stereocenters. The molecule has 1 rings (SSSR count). The van der Waals surface area contributed by atoms with Gasteiger partial charge in [0.1, 0.15) is 5.82 Å². The fourth-order valence-electron chi connectivity index (χ4n) is 1.76. The molecule has 3 nitrogen and oxygen atoms in total. The van der Waals surface area contributed by atoms with Crippen molar-refractivity contribution in [2.45, 2.75) is 31.6 Å². The third kappa shape index (κ3) is 3.26. The van der Waals surface area contributed by atoms with Crippen LogP contribution in [-0.2, 0) is 9.84 Å². The van der Waals surface area contributed by atoms with Gasteiger partial charge in [0.25, 0.3) is 0 Å². The van der Waals surface area contributed by atoms with E-state index in [0.29, 0.717) is 12.0 Å². The number of hydrogen-bond acceptors (Lipinski definition) is 3. The summed E-state index contributed by atoms with van der Waals surface area (Å²) in [5.74, 6) is -0.420. The van der Waals surface area contributed by atoms with E-state index in [2.05, 4.69) is 0 Å². The van der Waals surface area contributed by atoms with Gasteiger partial charge in [-0.3, -0.25) is 0 Å². The lowest BCUT2D eigenvalue weighted by molar-refractivity contribution is 0.169. The van der Waals surface area contributed by atoms with E-state index in [9.17, 15) is 17.9 Å². The molecular formula is C12H17FO3S. The molecule has 2 atom stereocenters. The Morgan fingerprint density at radius 2 is 1.76 bits per heavy atom. The molecule has 1 aromatic carbocycles. The molecule has 0 bridgehead atoms. The Labute approximate surface area is 101 Å². The van der Waals surface area contributed by atoms with Crippen LogP contribution in [0.1, 0.15) is 31.9 Å². The molecule has 1 aromatic rings. The lowest BCUT2D eigenvalue weighted by Crippen LogP contribution is -2.29. The molecule has 0 saturated heterocycles. The van der Waals surface area contributed by atoms with E-state index in [1.807, 2.05) is 0 Å². The van der Waals surface area contributed by atoms with E-state index in [4.69, 9.17) is 0 Å². The Morgan fingerprint density at radius 1 is 1.24 bits per heavy atom. The van der Waals surface area contributed by atoms with Gasteiger partial charge in [-0.25, -0.2) is 12.8 Å². The molecule has 0 saturated carbocycles. The van der Waals surface area contributed by atoms with Crippen LogP contribution in [-0.4, -0.2) is 24.5 Å². The van der Waals surface area contributed by atoms with E-state index in [0.717, 1.165) is 0 Å². The van der Waals surface area contributed by atoms with Crippen LogP contribution in [0.25, 0.3) is 0 Å². The number of aliphatic hydroxyl groups is 1. The first-order chi connectivity index (χ1) is 7.92. The Hall–Kier alpha value is -0.940. The third-order valence-corrected chi connectivity index (χ3v) is 5.15. The quantitative estimate of drug-likeness (QED) is 0.881. The SMILES string of the molecule is CC[C@@H]([C@@H](O)c1ccc(F)cc1)S(=O)(=O)CC. The summed E-state index contributed by atoms with van der Waals surface area (Å²) in [4.78, 5) is 0. The zero-order valence-electron chi connectivity index (χ0n) is 9.93. The molecule has 0 heterocycles. The Morgan fingerprint density at radius 3 is 2.18 bits per heavy atom. The number of sulfone groups is 1. The number of hydrogen-bond donors (Lipinski definition) is 1. The lowest BCUT2D eigenvalue weighted by Gasteiger charge is -2.21. The molecule has 0 fully saturated rings. The van der Waals surface area contributed by atoms with Crippen LogP contribution in [0.5, 0.6) is 0 Å². The van der Waals surface area contributed by atoms with Gasteiger partial charge in [0.15, 0.2) is 9.84 Å². The summed E-state index contributed by atoms with van der Waals surface area (Å²) in [6, 6.07) is 5.25. The maximum Gasteiger partial charge on any atom is 0.155 e. The normalized spacial score (nSPS) is 15.5. The second-order valence-electron chi connectivity index (χ2n) is 3.89. The number of rotatable bonds is 5. The highest BCUT2D eigenvalue weighted by Gasteiger charge is 2.30. The fraction of sp³-hybridized carbons (Fsp3) is 0.500. The van der Waals surface area contributed by atoms with Gasteiger partial charge in [0.05, 0.1) is 11.4 Å². The molecule has 0 spiro atoms. The van der Waals surface area contributed by atoms with Gasteiger partial charge < -0.3 is 5.11 Å².